The van der Waals surface area contributed by atoms with Crippen molar-refractivity contribution in [2.75, 3.05) is 20.2 Å². The Morgan fingerprint density at radius 2 is 2.17 bits per heavy atom. The van der Waals surface area contributed by atoms with Gasteiger partial charge in [-0.2, -0.15) is 0 Å². The van der Waals surface area contributed by atoms with Gasteiger partial charge in [0.05, 0.1) is 6.61 Å². The van der Waals surface area contributed by atoms with Gasteiger partial charge >= 0.3 is 0 Å². The van der Waals surface area contributed by atoms with Gasteiger partial charge < -0.3 is 15.2 Å². The number of aromatic nitrogens is 1. The van der Waals surface area contributed by atoms with E-state index in [9.17, 15) is 5.11 Å². The minimum absolute atomic E-state index is 0.233. The molecule has 0 spiro atoms. The Morgan fingerprint density at radius 1 is 1.43 bits per heavy atom. The lowest BCUT2D eigenvalue weighted by Crippen LogP contribution is -2.43. The summed E-state index contributed by atoms with van der Waals surface area (Å²) in [6, 6.07) is 6.92. The van der Waals surface area contributed by atoms with E-state index in [0.717, 1.165) is 19.9 Å². The summed E-state index contributed by atoms with van der Waals surface area (Å²) in [5.74, 6) is -0.577. The number of hydrogen-bond donors (Lipinski definition) is 3. The molecule has 0 saturated heterocycles. The lowest BCUT2D eigenvalue weighted by Gasteiger charge is -2.39. The van der Waals surface area contributed by atoms with Gasteiger partial charge in [-0.3, -0.25) is 9.69 Å². The number of nitrogens with one attached hydrogen (secondary N) is 1. The molecule has 1 aromatic heterocycles. The molecule has 122 valence electrons. The number of aliphatic carboxylic acids is 1. The largest absolute Gasteiger partial charge is 0.481 e. The monoisotopic (exact) mass is 314 g/mol. The summed E-state index contributed by atoms with van der Waals surface area (Å²) >= 11 is 0. The molecule has 5 nitrogen and oxygen atoms in total. The van der Waals surface area contributed by atoms with E-state index in [1.54, 1.807) is 0 Å². The zero-order valence-electron chi connectivity index (χ0n) is 13.4. The molecule has 0 fully saturated rings. The number of hydrogen-bond acceptors (Lipinski definition) is 3. The second-order valence-corrected chi connectivity index (χ2v) is 6.29. The first-order valence-corrected chi connectivity index (χ1v) is 7.83. The van der Waals surface area contributed by atoms with Crippen LogP contribution < -0.4 is 0 Å². The number of aliphatic hydroxyl groups excluding tert-OH is 1. The number of H-pyrrole nitrogens is 1. The van der Waals surface area contributed by atoms with Crippen molar-refractivity contribution in [3.05, 3.63) is 41.6 Å². The molecule has 2 aromatic rings. The fourth-order valence-corrected chi connectivity index (χ4v) is 3.66. The van der Waals surface area contributed by atoms with Crippen molar-refractivity contribution >= 4 is 22.4 Å². The second kappa shape index (κ2) is 6.18. The number of benzene rings is 1. The van der Waals surface area contributed by atoms with E-state index in [-0.39, 0.29) is 12.5 Å². The molecule has 0 saturated carbocycles. The van der Waals surface area contributed by atoms with Gasteiger partial charge in [-0.1, -0.05) is 18.2 Å². The Bertz CT molecular complexity index is 759. The van der Waals surface area contributed by atoms with Crippen LogP contribution in [0.2, 0.25) is 0 Å². The molecule has 4 rings (SSSR count). The molecule has 2 heterocycles. The standard InChI is InChI=1S/C16H18N2O.C2H4O2/c1-18-8-10(9-19)5-13-12-3-2-4-14-16(12)11(7-17-14)6-15(13)18;1-2(3)4/h2-5,7,10,15,17,19H,6,8-9H2,1H3;1H3,(H,3,4)/t10-,15-;/m1./s1. The summed E-state index contributed by atoms with van der Waals surface area (Å²) in [6.07, 6.45) is 5.50. The van der Waals surface area contributed by atoms with Crippen LogP contribution in [0.25, 0.3) is 16.5 Å². The van der Waals surface area contributed by atoms with Gasteiger partial charge in [0, 0.05) is 42.5 Å². The number of carboxylic acid groups (broad SMARTS) is 1. The third kappa shape index (κ3) is 2.90. The number of rotatable bonds is 1. The molecule has 0 unspecified atom stereocenters. The first-order valence-electron chi connectivity index (χ1n) is 7.83. The fraction of sp³-hybridized carbons (Fsp3) is 0.389. The van der Waals surface area contributed by atoms with Crippen molar-refractivity contribution in [2.45, 2.75) is 19.4 Å². The van der Waals surface area contributed by atoms with Crippen LogP contribution in [0.4, 0.5) is 0 Å². The van der Waals surface area contributed by atoms with Crippen LogP contribution in [-0.4, -0.2) is 52.3 Å². The van der Waals surface area contributed by atoms with Crippen molar-refractivity contribution < 1.29 is 15.0 Å². The minimum Gasteiger partial charge on any atom is -0.481 e. The number of aliphatic hydroxyl groups is 1. The van der Waals surface area contributed by atoms with Crippen molar-refractivity contribution in [2.24, 2.45) is 5.92 Å². The van der Waals surface area contributed by atoms with Crippen LogP contribution in [0, 0.1) is 5.92 Å². The first kappa shape index (κ1) is 15.8. The smallest absolute Gasteiger partial charge is 0.300 e. The summed E-state index contributed by atoms with van der Waals surface area (Å²) < 4.78 is 0. The average molecular weight is 314 g/mol. The minimum atomic E-state index is -0.833. The Balaban J connectivity index is 0.000000354. The lowest BCUT2D eigenvalue weighted by atomic mass is 9.80. The zero-order chi connectivity index (χ0) is 16.6. The predicted octanol–water partition coefficient (Wildman–Crippen LogP) is 2.12. The van der Waals surface area contributed by atoms with Crippen LogP contribution in [0.5, 0.6) is 0 Å². The van der Waals surface area contributed by atoms with Crippen LogP contribution in [-0.2, 0) is 11.2 Å². The van der Waals surface area contributed by atoms with E-state index in [0.29, 0.717) is 6.04 Å². The van der Waals surface area contributed by atoms with E-state index >= 15 is 0 Å². The number of fused-ring (bicyclic) bond motifs is 2. The molecule has 1 aliphatic carbocycles. The maximum Gasteiger partial charge on any atom is 0.300 e. The molecule has 3 N–H and O–H groups in total. The van der Waals surface area contributed by atoms with Crippen molar-refractivity contribution in [1.29, 1.82) is 0 Å². The van der Waals surface area contributed by atoms with Gasteiger partial charge in [0.2, 0.25) is 0 Å². The summed E-state index contributed by atoms with van der Waals surface area (Å²) in [5.41, 5.74) is 5.38. The fourth-order valence-electron chi connectivity index (χ4n) is 3.66. The predicted molar refractivity (Wildman–Crippen MR) is 90.3 cm³/mol. The Labute approximate surface area is 135 Å². The van der Waals surface area contributed by atoms with Gasteiger partial charge in [-0.05, 0) is 36.2 Å². The zero-order valence-corrected chi connectivity index (χ0v) is 13.4. The summed E-state index contributed by atoms with van der Waals surface area (Å²) in [7, 11) is 2.16. The molecular formula is C18H22N2O3. The highest BCUT2D eigenvalue weighted by atomic mass is 16.4. The van der Waals surface area contributed by atoms with E-state index in [4.69, 9.17) is 9.90 Å². The Kier molecular flexibility index (Phi) is 4.24. The van der Waals surface area contributed by atoms with E-state index in [1.165, 1.54) is 27.6 Å². The number of carboxylic acids is 1. The Morgan fingerprint density at radius 3 is 2.87 bits per heavy atom. The van der Waals surface area contributed by atoms with Gasteiger partial charge in [-0.25, -0.2) is 0 Å². The molecule has 1 aliphatic heterocycles. The second-order valence-electron chi connectivity index (χ2n) is 6.29. The molecule has 0 amide bonds. The van der Waals surface area contributed by atoms with Gasteiger partial charge in [-0.15, -0.1) is 0 Å². The van der Waals surface area contributed by atoms with Gasteiger partial charge in [0.1, 0.15) is 0 Å². The highest BCUT2D eigenvalue weighted by Crippen LogP contribution is 2.40. The van der Waals surface area contributed by atoms with Crippen LogP contribution in [0.3, 0.4) is 0 Å². The van der Waals surface area contributed by atoms with Crippen LogP contribution in [0.15, 0.2) is 30.5 Å². The molecule has 0 bridgehead atoms. The molecule has 1 aromatic carbocycles. The van der Waals surface area contributed by atoms with Crippen molar-refractivity contribution in [3.63, 3.8) is 0 Å². The van der Waals surface area contributed by atoms with E-state index in [1.807, 2.05) is 0 Å². The normalized spacial score (nSPS) is 22.8. The van der Waals surface area contributed by atoms with E-state index in [2.05, 4.69) is 47.4 Å². The van der Waals surface area contributed by atoms with Gasteiger partial charge in [0.25, 0.3) is 5.97 Å². The number of aromatic amines is 1. The molecule has 5 heteroatoms. The summed E-state index contributed by atoms with van der Waals surface area (Å²) in [5, 5.41) is 18.3. The third-order valence-corrected chi connectivity index (χ3v) is 4.58. The van der Waals surface area contributed by atoms with E-state index < -0.39 is 5.97 Å². The topological polar surface area (TPSA) is 76.6 Å². The highest BCUT2D eigenvalue weighted by Gasteiger charge is 2.33. The van der Waals surface area contributed by atoms with Crippen molar-refractivity contribution in [1.82, 2.24) is 9.88 Å². The first-order chi connectivity index (χ1) is 11.0. The lowest BCUT2D eigenvalue weighted by molar-refractivity contribution is -0.134. The number of carbonyl (C=O) groups is 1. The van der Waals surface area contributed by atoms with Crippen LogP contribution >= 0.6 is 0 Å². The molecule has 23 heavy (non-hydrogen) atoms. The highest BCUT2D eigenvalue weighted by molar-refractivity contribution is 5.98. The van der Waals surface area contributed by atoms with Crippen molar-refractivity contribution in [3.8, 4) is 0 Å². The molecule has 2 aliphatic rings. The molecular weight excluding hydrogens is 292 g/mol. The van der Waals surface area contributed by atoms with Gasteiger partial charge in [0.15, 0.2) is 0 Å². The summed E-state index contributed by atoms with van der Waals surface area (Å²) in [4.78, 5) is 14.8. The molecule has 2 atom stereocenters. The Hall–Kier alpha value is -2.11. The third-order valence-electron chi connectivity index (χ3n) is 4.58. The summed E-state index contributed by atoms with van der Waals surface area (Å²) in [6.45, 7) is 2.26. The quantitative estimate of drug-likeness (QED) is 0.753. The maximum atomic E-state index is 9.47. The van der Waals surface area contributed by atoms with Crippen LogP contribution in [0.1, 0.15) is 18.1 Å². The maximum absolute atomic E-state index is 9.47. The SMILES string of the molecule is CC(=O)O.CN1C[C@H](CO)C=C2c3cccc4[nH]cc(c34)C[C@H]21. The molecule has 0 radical (unpaired) electrons. The number of likely N-dealkylation sites (N-methyl/N-ethyl adjacent to an activating group) is 1. The number of nitrogens with zero attached hydrogens (tertiary/aromatic N) is 1. The average Bonchev–Trinajstić information content (AvgIpc) is 2.92.